The summed E-state index contributed by atoms with van der Waals surface area (Å²) in [5, 5.41) is 0. The lowest BCUT2D eigenvalue weighted by Crippen LogP contribution is -2.33. The van der Waals surface area contributed by atoms with Gasteiger partial charge in [0.2, 0.25) is 0 Å². The topological polar surface area (TPSA) is 44.8 Å². The molecule has 0 fully saturated rings. The lowest BCUT2D eigenvalue weighted by atomic mass is 10.2. The second-order valence-corrected chi connectivity index (χ2v) is 3.53. The van der Waals surface area contributed by atoms with Crippen LogP contribution in [0.2, 0.25) is 0 Å². The number of rotatable bonds is 4. The first-order chi connectivity index (χ1) is 7.83. The maximum atomic E-state index is 10.6. The molecular formula is C12H14O4. The summed E-state index contributed by atoms with van der Waals surface area (Å²) >= 11 is 0. The molecule has 0 N–H and O–H groups in total. The Labute approximate surface area is 94.1 Å². The van der Waals surface area contributed by atoms with Crippen molar-refractivity contribution >= 4 is 6.29 Å². The first-order valence-electron chi connectivity index (χ1n) is 5.30. The molecule has 1 aliphatic heterocycles. The van der Waals surface area contributed by atoms with E-state index in [1.54, 1.807) is 18.2 Å². The van der Waals surface area contributed by atoms with E-state index in [1.165, 1.54) is 0 Å². The number of hydrogen-bond acceptors (Lipinski definition) is 4. The molecule has 0 saturated carbocycles. The van der Waals surface area contributed by atoms with E-state index < -0.39 is 0 Å². The number of ether oxygens (including phenoxy) is 3. The minimum Gasteiger partial charge on any atom is -0.486 e. The molecule has 4 nitrogen and oxygen atoms in total. The highest BCUT2D eigenvalue weighted by Gasteiger charge is 2.21. The summed E-state index contributed by atoms with van der Waals surface area (Å²) in [7, 11) is 0. The molecule has 2 rings (SSSR count). The average Bonchev–Trinajstić information content (AvgIpc) is 2.35. The highest BCUT2D eigenvalue weighted by atomic mass is 16.6. The Hall–Kier alpha value is -1.55. The van der Waals surface area contributed by atoms with Crippen LogP contribution in [0.3, 0.4) is 0 Å². The molecule has 0 spiro atoms. The third-order valence-electron chi connectivity index (χ3n) is 2.33. The molecule has 0 saturated heterocycles. The van der Waals surface area contributed by atoms with Crippen LogP contribution in [-0.4, -0.2) is 32.2 Å². The molecule has 1 unspecified atom stereocenters. The van der Waals surface area contributed by atoms with Crippen molar-refractivity contribution in [3.8, 4) is 11.5 Å². The van der Waals surface area contributed by atoms with Gasteiger partial charge in [0.1, 0.15) is 12.9 Å². The van der Waals surface area contributed by atoms with Crippen LogP contribution in [0.15, 0.2) is 18.2 Å². The largest absolute Gasteiger partial charge is 0.486 e. The zero-order valence-electron chi connectivity index (χ0n) is 9.14. The monoisotopic (exact) mass is 222 g/mol. The number of benzene rings is 1. The van der Waals surface area contributed by atoms with E-state index in [0.717, 1.165) is 6.29 Å². The van der Waals surface area contributed by atoms with Gasteiger partial charge in [-0.05, 0) is 25.1 Å². The number of carbonyl (C=O) groups is 1. The van der Waals surface area contributed by atoms with Gasteiger partial charge in [0, 0.05) is 12.2 Å². The standard InChI is InChI=1S/C12H14O4/c1-2-14-7-10-8-15-12-5-9(6-13)3-4-11(12)16-10/h3-6,10H,2,7-8H2,1H3. The van der Waals surface area contributed by atoms with Gasteiger partial charge in [0.15, 0.2) is 17.6 Å². The van der Waals surface area contributed by atoms with Crippen LogP contribution in [0.1, 0.15) is 17.3 Å². The summed E-state index contributed by atoms with van der Waals surface area (Å²) in [5.74, 6) is 1.29. The van der Waals surface area contributed by atoms with Gasteiger partial charge in [0.25, 0.3) is 0 Å². The van der Waals surface area contributed by atoms with E-state index in [9.17, 15) is 4.79 Å². The molecule has 1 atom stereocenters. The van der Waals surface area contributed by atoms with Crippen molar-refractivity contribution in [3.63, 3.8) is 0 Å². The van der Waals surface area contributed by atoms with Gasteiger partial charge >= 0.3 is 0 Å². The van der Waals surface area contributed by atoms with Crippen LogP contribution in [0, 0.1) is 0 Å². The predicted octanol–water partition coefficient (Wildman–Crippen LogP) is 1.68. The second-order valence-electron chi connectivity index (χ2n) is 3.53. The fourth-order valence-electron chi connectivity index (χ4n) is 1.54. The summed E-state index contributed by atoms with van der Waals surface area (Å²) in [6, 6.07) is 5.13. The number of hydrogen-bond donors (Lipinski definition) is 0. The Balaban J connectivity index is 2.06. The summed E-state index contributed by atoms with van der Waals surface area (Å²) in [6.45, 7) is 3.57. The van der Waals surface area contributed by atoms with Crippen molar-refractivity contribution in [2.45, 2.75) is 13.0 Å². The summed E-state index contributed by atoms with van der Waals surface area (Å²) in [5.41, 5.74) is 0.589. The first kappa shape index (κ1) is 11.0. The zero-order chi connectivity index (χ0) is 11.4. The van der Waals surface area contributed by atoms with Crippen LogP contribution >= 0.6 is 0 Å². The molecule has 0 aliphatic carbocycles. The third kappa shape index (κ3) is 2.33. The normalized spacial score (nSPS) is 18.2. The highest BCUT2D eigenvalue weighted by molar-refractivity contribution is 5.76. The quantitative estimate of drug-likeness (QED) is 0.727. The maximum absolute atomic E-state index is 10.6. The molecule has 1 aliphatic rings. The van der Waals surface area contributed by atoms with Crippen LogP contribution in [0.5, 0.6) is 11.5 Å². The van der Waals surface area contributed by atoms with Crippen molar-refractivity contribution < 1.29 is 19.0 Å². The molecule has 0 aromatic heterocycles. The molecule has 0 radical (unpaired) electrons. The Bertz CT molecular complexity index is 375. The van der Waals surface area contributed by atoms with Crippen LogP contribution in [-0.2, 0) is 4.74 Å². The average molecular weight is 222 g/mol. The fraction of sp³-hybridized carbons (Fsp3) is 0.417. The van der Waals surface area contributed by atoms with Gasteiger partial charge < -0.3 is 14.2 Å². The predicted molar refractivity (Wildman–Crippen MR) is 58.2 cm³/mol. The van der Waals surface area contributed by atoms with Crippen molar-refractivity contribution in [1.29, 1.82) is 0 Å². The van der Waals surface area contributed by atoms with Crippen molar-refractivity contribution in [3.05, 3.63) is 23.8 Å². The second kappa shape index (κ2) is 4.99. The molecule has 16 heavy (non-hydrogen) atoms. The highest BCUT2D eigenvalue weighted by Crippen LogP contribution is 2.32. The van der Waals surface area contributed by atoms with Gasteiger partial charge in [-0.1, -0.05) is 0 Å². The third-order valence-corrected chi connectivity index (χ3v) is 2.33. The number of carbonyl (C=O) groups excluding carboxylic acids is 1. The molecule has 1 aromatic rings. The first-order valence-corrected chi connectivity index (χ1v) is 5.30. The summed E-state index contributed by atoms with van der Waals surface area (Å²) in [4.78, 5) is 10.6. The Morgan fingerprint density at radius 2 is 2.38 bits per heavy atom. The van der Waals surface area contributed by atoms with Gasteiger partial charge in [0.05, 0.1) is 6.61 Å². The van der Waals surface area contributed by atoms with Gasteiger partial charge in [-0.3, -0.25) is 4.79 Å². The lowest BCUT2D eigenvalue weighted by molar-refractivity contribution is 0.0127. The van der Waals surface area contributed by atoms with Crippen LogP contribution in [0.4, 0.5) is 0 Å². The molecule has 4 heteroatoms. The Morgan fingerprint density at radius 3 is 3.12 bits per heavy atom. The van der Waals surface area contributed by atoms with Gasteiger partial charge in [-0.15, -0.1) is 0 Å². The van der Waals surface area contributed by atoms with E-state index in [0.29, 0.717) is 36.9 Å². The summed E-state index contributed by atoms with van der Waals surface area (Å²) < 4.78 is 16.5. The zero-order valence-corrected chi connectivity index (χ0v) is 9.14. The van der Waals surface area contributed by atoms with E-state index in [-0.39, 0.29) is 6.10 Å². The lowest BCUT2D eigenvalue weighted by Gasteiger charge is -2.26. The molecule has 1 aromatic carbocycles. The minimum absolute atomic E-state index is 0.0745. The van der Waals surface area contributed by atoms with E-state index in [2.05, 4.69) is 0 Å². The van der Waals surface area contributed by atoms with E-state index >= 15 is 0 Å². The number of fused-ring (bicyclic) bond motifs is 1. The maximum Gasteiger partial charge on any atom is 0.162 e. The number of aldehydes is 1. The smallest absolute Gasteiger partial charge is 0.162 e. The molecule has 0 bridgehead atoms. The molecule has 1 heterocycles. The van der Waals surface area contributed by atoms with Gasteiger partial charge in [-0.2, -0.15) is 0 Å². The van der Waals surface area contributed by atoms with Crippen molar-refractivity contribution in [2.75, 3.05) is 19.8 Å². The fourth-order valence-corrected chi connectivity index (χ4v) is 1.54. The Morgan fingerprint density at radius 1 is 1.50 bits per heavy atom. The van der Waals surface area contributed by atoms with Crippen LogP contribution in [0.25, 0.3) is 0 Å². The summed E-state index contributed by atoms with van der Waals surface area (Å²) in [6.07, 6.45) is 0.713. The molecular weight excluding hydrogens is 208 g/mol. The SMILES string of the molecule is CCOCC1COc2cc(C=O)ccc2O1. The molecule has 86 valence electrons. The Kier molecular flexibility index (Phi) is 3.41. The minimum atomic E-state index is -0.0745. The molecule has 0 amide bonds. The van der Waals surface area contributed by atoms with E-state index in [1.807, 2.05) is 6.92 Å². The van der Waals surface area contributed by atoms with Gasteiger partial charge in [-0.25, -0.2) is 0 Å². The van der Waals surface area contributed by atoms with Crippen molar-refractivity contribution in [1.82, 2.24) is 0 Å². The van der Waals surface area contributed by atoms with Crippen molar-refractivity contribution in [2.24, 2.45) is 0 Å². The van der Waals surface area contributed by atoms with Crippen LogP contribution < -0.4 is 9.47 Å². The van der Waals surface area contributed by atoms with E-state index in [4.69, 9.17) is 14.2 Å².